The SMILES string of the molecule is N#Cc1cc2c(cc1C#N)c1cc3c(cc1c1cc4ccccc4cc21)oc1ccccc13.N#Cc1cc2c(cc1C#N)c1cc3oc4ccccc4c3cc1c1cc3ccccc3cc21.N#Cc1cc2c(cc1C#N)c1cc3sc4ccccc4c3cc1c1cc3ccccc3cc21.[C-]#[N+]c1cc2c(cc1C#N)c1cc3ccccc3cc1c1cc3sc4ccccc4c3cc21. The Labute approximate surface area is 757 Å². The average Bonchev–Trinajstić information content (AvgIpc) is 1.30. The number of nitrogens with zero attached hydrogens (tertiary/aromatic N) is 8. The van der Waals surface area contributed by atoms with E-state index in [0.29, 0.717) is 44.6 Å². The molecule has 0 aliphatic heterocycles. The minimum atomic E-state index is 0.385. The van der Waals surface area contributed by atoms with E-state index in [1.165, 1.54) is 78.0 Å². The minimum Gasteiger partial charge on any atom is -0.456 e. The van der Waals surface area contributed by atoms with Crippen molar-refractivity contribution in [1.29, 1.82) is 36.8 Å². The van der Waals surface area contributed by atoms with E-state index < -0.39 is 0 Å². The quantitative estimate of drug-likeness (QED) is 0.0805. The lowest BCUT2D eigenvalue weighted by Crippen LogP contribution is -1.89. The minimum absolute atomic E-state index is 0.385. The van der Waals surface area contributed by atoms with Gasteiger partial charge >= 0.3 is 0 Å². The molecule has 28 rings (SSSR count). The third-order valence-electron chi connectivity index (χ3n) is 26.7. The van der Waals surface area contributed by atoms with Crippen molar-refractivity contribution < 1.29 is 8.83 Å². The standard InChI is InChI=1S/2C30H14N2O.2C30H14N2S/c31-15-19-11-24-22-9-17-5-1-2-6-18(17)10-23(22)27-14-30-28(21-7-3-4-8-29(21)33-30)13-26(27)25(24)12-20(19)16-32;31-15-19-11-24-22-9-17-5-1-2-6-18(17)10-23(22)26-13-28-21-7-3-4-8-29(21)33-30(28)14-27(26)25(24)12-20(19)16-32;1-32-28-14-25-23(12-19(28)16-31)21-10-17-6-2-3-7-18(17)11-22(21)26-15-30-27(13-24(25)26)20-8-4-5-9-29(20)33-30;31-15-19-11-24-22-9-17-5-1-2-6-18(17)10-23(22)26-13-28-21-7-3-4-8-29(21)33-30(28)14-27(26)25(24)12-20(19)16-32/h2*1-14H;2-15H;1-14H. The van der Waals surface area contributed by atoms with Crippen LogP contribution in [0.1, 0.15) is 38.9 Å². The van der Waals surface area contributed by atoms with Gasteiger partial charge in [-0.15, -0.1) is 22.7 Å². The van der Waals surface area contributed by atoms with Crippen molar-refractivity contribution in [3.63, 3.8) is 0 Å². The highest BCUT2D eigenvalue weighted by Crippen LogP contribution is 2.50. The normalized spacial score (nSPS) is 11.6. The van der Waals surface area contributed by atoms with E-state index in [1.807, 2.05) is 127 Å². The summed E-state index contributed by atoms with van der Waals surface area (Å²) >= 11 is 3.61. The number of fused-ring (bicyclic) bond motifs is 40. The van der Waals surface area contributed by atoms with Crippen molar-refractivity contribution in [3.8, 4) is 42.5 Å². The second kappa shape index (κ2) is 29.5. The van der Waals surface area contributed by atoms with Crippen molar-refractivity contribution in [2.75, 3.05) is 0 Å². The Balaban J connectivity index is 0.0000000945. The van der Waals surface area contributed by atoms with Crippen LogP contribution in [0.3, 0.4) is 0 Å². The summed E-state index contributed by atoms with van der Waals surface area (Å²) < 4.78 is 17.4. The van der Waals surface area contributed by atoms with E-state index in [2.05, 4.69) is 272 Å². The van der Waals surface area contributed by atoms with Crippen LogP contribution in [-0.4, -0.2) is 0 Å². The van der Waals surface area contributed by atoms with Crippen LogP contribution in [-0.2, 0) is 0 Å². The van der Waals surface area contributed by atoms with Gasteiger partial charge in [0.15, 0.2) is 0 Å². The van der Waals surface area contributed by atoms with E-state index >= 15 is 0 Å². The van der Waals surface area contributed by atoms with Gasteiger partial charge in [0.25, 0.3) is 0 Å². The van der Waals surface area contributed by atoms with E-state index in [0.717, 1.165) is 179 Å². The van der Waals surface area contributed by atoms with Gasteiger partial charge in [-0.25, -0.2) is 4.85 Å². The Bertz CT molecular complexity index is 9990. The van der Waals surface area contributed by atoms with Gasteiger partial charge < -0.3 is 8.83 Å². The summed E-state index contributed by atoms with van der Waals surface area (Å²) in [6.45, 7) is 7.63. The molecule has 0 radical (unpaired) electrons. The highest BCUT2D eigenvalue weighted by molar-refractivity contribution is 7.26. The van der Waals surface area contributed by atoms with E-state index in [9.17, 15) is 36.8 Å². The van der Waals surface area contributed by atoms with Crippen molar-refractivity contribution in [3.05, 3.63) is 390 Å². The fourth-order valence-corrected chi connectivity index (χ4v) is 22.8. The third-order valence-corrected chi connectivity index (χ3v) is 28.9. The fourth-order valence-electron chi connectivity index (χ4n) is 20.5. The van der Waals surface area contributed by atoms with Gasteiger partial charge in [0, 0.05) is 61.9 Å². The number of furan rings is 2. The molecule has 600 valence electrons. The molecule has 0 fully saturated rings. The van der Waals surface area contributed by atoms with E-state index in [4.69, 9.17) is 15.4 Å². The molecule has 4 aromatic heterocycles. The van der Waals surface area contributed by atoms with Crippen molar-refractivity contribution in [1.82, 2.24) is 0 Å². The van der Waals surface area contributed by atoms with Crippen LogP contribution in [0.5, 0.6) is 0 Å². The Hall–Kier alpha value is -18.6. The molecule has 4 heterocycles. The Kier molecular flexibility index (Phi) is 17.0. The summed E-state index contributed by atoms with van der Waals surface area (Å²) in [7, 11) is 0. The number of rotatable bonds is 0. The van der Waals surface area contributed by atoms with Gasteiger partial charge in [-0.1, -0.05) is 170 Å². The molecule has 10 nitrogen and oxygen atoms in total. The number of benzene rings is 24. The summed E-state index contributed by atoms with van der Waals surface area (Å²) in [4.78, 5) is 3.66. The van der Waals surface area contributed by atoms with Crippen molar-refractivity contribution >= 4 is 285 Å². The molecule has 12 heteroatoms. The highest BCUT2D eigenvalue weighted by Gasteiger charge is 2.24. The first-order chi connectivity index (χ1) is 65.0. The zero-order valence-corrected chi connectivity index (χ0v) is 71.2. The molecule has 0 bridgehead atoms. The maximum atomic E-state index is 9.71. The summed E-state index contributed by atoms with van der Waals surface area (Å²) in [6, 6.07) is 132. The Morgan fingerprint density at radius 1 is 0.174 bits per heavy atom. The summed E-state index contributed by atoms with van der Waals surface area (Å²) in [5, 5.41) is 112. The van der Waals surface area contributed by atoms with Gasteiger partial charge in [0.2, 0.25) is 5.69 Å². The molecule has 0 atom stereocenters. The van der Waals surface area contributed by atoms with Gasteiger partial charge in [0.05, 0.1) is 51.6 Å². The lowest BCUT2D eigenvalue weighted by atomic mass is 9.89. The predicted molar refractivity (Wildman–Crippen MR) is 545 cm³/mol. The summed E-state index contributed by atoms with van der Waals surface area (Å²) in [5.74, 6) is 0. The molecule has 0 aliphatic rings. The van der Waals surface area contributed by atoms with Gasteiger partial charge in [-0.05, 0) is 342 Å². The molecule has 0 N–H and O–H groups in total. The lowest BCUT2D eigenvalue weighted by Gasteiger charge is -2.13. The number of hydrogen-bond acceptors (Lipinski definition) is 11. The highest BCUT2D eigenvalue weighted by atomic mass is 32.1. The third kappa shape index (κ3) is 11.6. The number of hydrogen-bond donors (Lipinski definition) is 0. The Morgan fingerprint density at radius 2 is 0.386 bits per heavy atom. The molecule has 132 heavy (non-hydrogen) atoms. The summed E-state index contributed by atoms with van der Waals surface area (Å²) in [5.41, 5.74) is 6.59. The molecule has 0 aliphatic carbocycles. The second-order valence-corrected chi connectivity index (χ2v) is 35.8. The van der Waals surface area contributed by atoms with Crippen molar-refractivity contribution in [2.24, 2.45) is 0 Å². The first-order valence-electron chi connectivity index (χ1n) is 42.9. The van der Waals surface area contributed by atoms with Crippen LogP contribution in [0, 0.1) is 85.9 Å². The second-order valence-electron chi connectivity index (χ2n) is 33.6. The molecule has 0 unspecified atom stereocenters. The molecule has 0 spiro atoms. The monoisotopic (exact) mass is 1700 g/mol. The first kappa shape index (κ1) is 75.9. The van der Waals surface area contributed by atoms with Crippen LogP contribution in [0.25, 0.3) is 261 Å². The lowest BCUT2D eigenvalue weighted by molar-refractivity contribution is 0.669. The van der Waals surface area contributed by atoms with Gasteiger partial charge in [0.1, 0.15) is 58.7 Å². The molecule has 0 saturated carbocycles. The fraction of sp³-hybridized carbons (Fsp3) is 0. The largest absolute Gasteiger partial charge is 0.456 e. The topological polar surface area (TPSA) is 197 Å². The van der Waals surface area contributed by atoms with Crippen LogP contribution in [0.2, 0.25) is 0 Å². The van der Waals surface area contributed by atoms with Crippen LogP contribution in [0.4, 0.5) is 5.69 Å². The number of para-hydroxylation sites is 2. The zero-order chi connectivity index (χ0) is 88.4. The van der Waals surface area contributed by atoms with E-state index in [-0.39, 0.29) is 0 Å². The predicted octanol–water partition coefficient (Wildman–Crippen LogP) is 33.4. The average molecular weight is 1710 g/mol. The number of nitriles is 7. The van der Waals surface area contributed by atoms with E-state index in [1.54, 1.807) is 11.3 Å². The van der Waals surface area contributed by atoms with Crippen LogP contribution >= 0.6 is 22.7 Å². The molecule has 24 aromatic carbocycles. The maximum absolute atomic E-state index is 9.71. The molecular formula is C120H56N8O2S2. The van der Waals surface area contributed by atoms with Gasteiger partial charge in [-0.2, -0.15) is 36.8 Å². The number of thiophene rings is 2. The Morgan fingerprint density at radius 3 is 0.667 bits per heavy atom. The molecule has 0 amide bonds. The molecule has 0 saturated heterocycles. The van der Waals surface area contributed by atoms with Crippen molar-refractivity contribution in [2.45, 2.75) is 0 Å². The smallest absolute Gasteiger partial charge is 0.205 e. The van der Waals surface area contributed by atoms with Crippen LogP contribution in [0.15, 0.2) is 349 Å². The van der Waals surface area contributed by atoms with Gasteiger partial charge in [-0.3, -0.25) is 0 Å². The van der Waals surface area contributed by atoms with Crippen LogP contribution < -0.4 is 0 Å². The summed E-state index contributed by atoms with van der Waals surface area (Å²) in [6.07, 6.45) is 0. The zero-order valence-electron chi connectivity index (χ0n) is 69.5. The first-order valence-corrected chi connectivity index (χ1v) is 44.5. The maximum Gasteiger partial charge on any atom is 0.205 e. The molecule has 28 aromatic rings. The molecular weight excluding hydrogens is 1650 g/mol.